The largest absolute Gasteiger partial charge is 0.390 e. The van der Waals surface area contributed by atoms with Crippen LogP contribution in [0.25, 0.3) is 0 Å². The second-order valence-corrected chi connectivity index (χ2v) is 4.97. The fourth-order valence-electron chi connectivity index (χ4n) is 2.09. The van der Waals surface area contributed by atoms with Crippen molar-refractivity contribution in [3.8, 4) is 0 Å². The van der Waals surface area contributed by atoms with Crippen LogP contribution in [-0.2, 0) is 4.74 Å². The predicted molar refractivity (Wildman–Crippen MR) is 74.3 cm³/mol. The van der Waals surface area contributed by atoms with Crippen LogP contribution in [0.2, 0.25) is 0 Å². The van der Waals surface area contributed by atoms with E-state index in [4.69, 9.17) is 4.74 Å². The van der Waals surface area contributed by atoms with Crippen molar-refractivity contribution in [2.24, 2.45) is 0 Å². The molecule has 0 aliphatic heterocycles. The third-order valence-corrected chi connectivity index (χ3v) is 3.17. The van der Waals surface area contributed by atoms with E-state index in [0.29, 0.717) is 0 Å². The summed E-state index contributed by atoms with van der Waals surface area (Å²) in [6.45, 7) is 7.30. The van der Waals surface area contributed by atoms with Crippen molar-refractivity contribution in [1.82, 2.24) is 0 Å². The summed E-state index contributed by atoms with van der Waals surface area (Å²) < 4.78 is 5.83. The van der Waals surface area contributed by atoms with Gasteiger partial charge in [-0.3, -0.25) is 0 Å². The number of unbranched alkanes of at least 4 members (excludes halogenated alkanes) is 4. The smallest absolute Gasteiger partial charge is 0.0833 e. The Balaban J connectivity index is 3.61. The standard InChI is InChI=1S/C15H32O2/c1-4-7-8-9-10-13-17-15(12-6-3)14(16)11-5-2/h14-16H,4-13H2,1-3H3. The first-order chi connectivity index (χ1) is 8.26. The van der Waals surface area contributed by atoms with E-state index in [-0.39, 0.29) is 12.2 Å². The van der Waals surface area contributed by atoms with Gasteiger partial charge in [-0.05, 0) is 19.3 Å². The van der Waals surface area contributed by atoms with Gasteiger partial charge in [0.25, 0.3) is 0 Å². The summed E-state index contributed by atoms with van der Waals surface area (Å²) in [5.41, 5.74) is 0. The van der Waals surface area contributed by atoms with Crippen LogP contribution in [0, 0.1) is 0 Å². The van der Waals surface area contributed by atoms with Crippen LogP contribution in [0.5, 0.6) is 0 Å². The molecule has 0 fully saturated rings. The molecule has 17 heavy (non-hydrogen) atoms. The summed E-state index contributed by atoms with van der Waals surface area (Å²) in [5.74, 6) is 0. The molecule has 0 radical (unpaired) electrons. The second kappa shape index (κ2) is 12.4. The van der Waals surface area contributed by atoms with Crippen molar-refractivity contribution >= 4 is 0 Å². The Bertz CT molecular complexity index is 148. The quantitative estimate of drug-likeness (QED) is 0.519. The Labute approximate surface area is 108 Å². The zero-order chi connectivity index (χ0) is 12.9. The minimum atomic E-state index is -0.268. The first-order valence-corrected chi connectivity index (χ1v) is 7.55. The fraction of sp³-hybridized carbons (Fsp3) is 1.00. The summed E-state index contributed by atoms with van der Waals surface area (Å²) in [4.78, 5) is 0. The van der Waals surface area contributed by atoms with E-state index >= 15 is 0 Å². The maximum absolute atomic E-state index is 9.96. The lowest BCUT2D eigenvalue weighted by molar-refractivity contribution is -0.0459. The third kappa shape index (κ3) is 9.61. The van der Waals surface area contributed by atoms with Crippen LogP contribution in [0.4, 0.5) is 0 Å². The second-order valence-electron chi connectivity index (χ2n) is 4.97. The Morgan fingerprint density at radius 2 is 1.47 bits per heavy atom. The van der Waals surface area contributed by atoms with E-state index in [1.54, 1.807) is 0 Å². The van der Waals surface area contributed by atoms with Gasteiger partial charge in [0.1, 0.15) is 0 Å². The summed E-state index contributed by atoms with van der Waals surface area (Å²) >= 11 is 0. The molecule has 0 saturated heterocycles. The molecule has 0 aliphatic rings. The highest BCUT2D eigenvalue weighted by atomic mass is 16.5. The Kier molecular flexibility index (Phi) is 12.3. The van der Waals surface area contributed by atoms with E-state index in [2.05, 4.69) is 20.8 Å². The SMILES string of the molecule is CCCCCCCOC(CCC)C(O)CCC. The molecule has 0 rings (SSSR count). The van der Waals surface area contributed by atoms with Gasteiger partial charge in [-0.15, -0.1) is 0 Å². The van der Waals surface area contributed by atoms with Gasteiger partial charge in [0.2, 0.25) is 0 Å². The molecule has 2 atom stereocenters. The van der Waals surface area contributed by atoms with E-state index < -0.39 is 0 Å². The molecule has 0 aromatic heterocycles. The average molecular weight is 244 g/mol. The number of aliphatic hydroxyl groups excluding tert-OH is 1. The summed E-state index contributed by atoms with van der Waals surface area (Å²) in [7, 11) is 0. The molecule has 0 aromatic carbocycles. The van der Waals surface area contributed by atoms with E-state index in [1.807, 2.05) is 0 Å². The minimum absolute atomic E-state index is 0.0612. The summed E-state index contributed by atoms with van der Waals surface area (Å²) in [6.07, 6.45) is 10.1. The fourth-order valence-corrected chi connectivity index (χ4v) is 2.09. The van der Waals surface area contributed by atoms with Gasteiger partial charge in [0.05, 0.1) is 12.2 Å². The number of hydrogen-bond donors (Lipinski definition) is 1. The van der Waals surface area contributed by atoms with Crippen LogP contribution in [-0.4, -0.2) is 23.9 Å². The highest BCUT2D eigenvalue weighted by molar-refractivity contribution is 4.68. The monoisotopic (exact) mass is 244 g/mol. The van der Waals surface area contributed by atoms with Crippen molar-refractivity contribution in [3.05, 3.63) is 0 Å². The van der Waals surface area contributed by atoms with Crippen molar-refractivity contribution in [2.75, 3.05) is 6.61 Å². The van der Waals surface area contributed by atoms with Crippen LogP contribution >= 0.6 is 0 Å². The molecular weight excluding hydrogens is 212 g/mol. The van der Waals surface area contributed by atoms with Gasteiger partial charge >= 0.3 is 0 Å². The van der Waals surface area contributed by atoms with Crippen LogP contribution in [0.1, 0.15) is 78.6 Å². The maximum atomic E-state index is 9.96. The Hall–Kier alpha value is -0.0800. The molecule has 0 saturated carbocycles. The number of hydrogen-bond acceptors (Lipinski definition) is 2. The first kappa shape index (κ1) is 16.9. The highest BCUT2D eigenvalue weighted by Crippen LogP contribution is 2.13. The summed E-state index contributed by atoms with van der Waals surface area (Å²) in [6, 6.07) is 0. The Morgan fingerprint density at radius 1 is 0.824 bits per heavy atom. The Morgan fingerprint density at radius 3 is 2.06 bits per heavy atom. The summed E-state index contributed by atoms with van der Waals surface area (Å²) in [5, 5.41) is 9.96. The molecule has 0 spiro atoms. The van der Waals surface area contributed by atoms with Crippen molar-refractivity contribution in [3.63, 3.8) is 0 Å². The normalized spacial score (nSPS) is 14.8. The van der Waals surface area contributed by atoms with E-state index in [9.17, 15) is 5.11 Å². The van der Waals surface area contributed by atoms with Crippen LogP contribution in [0.3, 0.4) is 0 Å². The van der Waals surface area contributed by atoms with E-state index in [0.717, 1.165) is 38.7 Å². The minimum Gasteiger partial charge on any atom is -0.390 e. The average Bonchev–Trinajstić information content (AvgIpc) is 2.32. The predicted octanol–water partition coefficient (Wildman–Crippen LogP) is 4.30. The van der Waals surface area contributed by atoms with Crippen LogP contribution in [0.15, 0.2) is 0 Å². The molecule has 2 unspecified atom stereocenters. The lowest BCUT2D eigenvalue weighted by atomic mass is 10.0. The highest BCUT2D eigenvalue weighted by Gasteiger charge is 2.17. The zero-order valence-electron chi connectivity index (χ0n) is 12.1. The van der Waals surface area contributed by atoms with Crippen molar-refractivity contribution in [1.29, 1.82) is 0 Å². The number of rotatable bonds is 12. The van der Waals surface area contributed by atoms with Gasteiger partial charge in [-0.2, -0.15) is 0 Å². The van der Waals surface area contributed by atoms with E-state index in [1.165, 1.54) is 25.7 Å². The molecule has 0 aliphatic carbocycles. The molecule has 1 N–H and O–H groups in total. The maximum Gasteiger partial charge on any atom is 0.0833 e. The lowest BCUT2D eigenvalue weighted by Crippen LogP contribution is -2.29. The number of ether oxygens (including phenoxy) is 1. The molecular formula is C15H32O2. The van der Waals surface area contributed by atoms with Crippen molar-refractivity contribution in [2.45, 2.75) is 90.8 Å². The third-order valence-electron chi connectivity index (χ3n) is 3.17. The molecule has 2 nitrogen and oxygen atoms in total. The van der Waals surface area contributed by atoms with Gasteiger partial charge in [0.15, 0.2) is 0 Å². The van der Waals surface area contributed by atoms with Gasteiger partial charge in [0, 0.05) is 6.61 Å². The van der Waals surface area contributed by atoms with Gasteiger partial charge in [-0.1, -0.05) is 59.3 Å². The molecule has 0 bridgehead atoms. The first-order valence-electron chi connectivity index (χ1n) is 7.55. The van der Waals surface area contributed by atoms with Gasteiger partial charge < -0.3 is 9.84 Å². The van der Waals surface area contributed by atoms with Crippen molar-refractivity contribution < 1.29 is 9.84 Å². The molecule has 104 valence electrons. The van der Waals surface area contributed by atoms with Gasteiger partial charge in [-0.25, -0.2) is 0 Å². The topological polar surface area (TPSA) is 29.5 Å². The zero-order valence-corrected chi connectivity index (χ0v) is 12.1. The number of aliphatic hydroxyl groups is 1. The molecule has 0 heterocycles. The molecule has 0 amide bonds. The molecule has 0 aromatic rings. The molecule has 2 heteroatoms. The van der Waals surface area contributed by atoms with Crippen LogP contribution < -0.4 is 0 Å². The lowest BCUT2D eigenvalue weighted by Gasteiger charge is -2.22.